The van der Waals surface area contributed by atoms with E-state index in [-0.39, 0.29) is 12.2 Å². The molecule has 0 aliphatic rings. The number of aromatic nitrogens is 1. The van der Waals surface area contributed by atoms with E-state index in [4.69, 9.17) is 15.0 Å². The van der Waals surface area contributed by atoms with Crippen molar-refractivity contribution in [3.05, 3.63) is 35.5 Å². The van der Waals surface area contributed by atoms with Gasteiger partial charge in [0.25, 0.3) is 0 Å². The smallest absolute Gasteiger partial charge is 0.171 e. The number of hydrogen-bond donors (Lipinski definition) is 1. The summed E-state index contributed by atoms with van der Waals surface area (Å²) in [6.07, 6.45) is 0.503. The lowest BCUT2D eigenvalue weighted by atomic mass is 10.1. The summed E-state index contributed by atoms with van der Waals surface area (Å²) in [5.74, 6) is 2.65. The maximum Gasteiger partial charge on any atom is 0.171 e. The van der Waals surface area contributed by atoms with Crippen LogP contribution in [0.4, 0.5) is 5.69 Å². The van der Waals surface area contributed by atoms with Crippen LogP contribution in [0.1, 0.15) is 45.9 Å². The second kappa shape index (κ2) is 10.4. The number of ether oxygens (including phenoxy) is 1. The van der Waals surface area contributed by atoms with Crippen molar-refractivity contribution >= 4 is 17.4 Å². The quantitative estimate of drug-likeness (QED) is 0.686. The van der Waals surface area contributed by atoms with Gasteiger partial charge >= 0.3 is 0 Å². The van der Waals surface area contributed by atoms with E-state index in [1.165, 1.54) is 0 Å². The van der Waals surface area contributed by atoms with E-state index in [1.54, 1.807) is 0 Å². The molecule has 0 aliphatic carbocycles. The van der Waals surface area contributed by atoms with Crippen LogP contribution >= 0.6 is 11.8 Å². The molecule has 24 heavy (non-hydrogen) atoms. The molecular weight excluding hydrogens is 320 g/mol. The fourth-order valence-electron chi connectivity index (χ4n) is 2.25. The monoisotopic (exact) mass is 350 g/mol. The van der Waals surface area contributed by atoms with Crippen LogP contribution in [-0.2, 0) is 10.5 Å². The predicted octanol–water partition coefficient (Wildman–Crippen LogP) is 5.31. The standard InChI is InChI=1S/C17H24N2O2S.C2H6/c1-11(2)20-12(3)9-22-10-16-13(4)19-21-17(16)14-5-7-15(18)8-6-14;1-2/h5-8,11-12H,9-10,18H2,1-4H3;1-2H3. The van der Waals surface area contributed by atoms with Gasteiger partial charge in [-0.05, 0) is 52.0 Å². The molecule has 1 unspecified atom stereocenters. The Morgan fingerprint density at radius 3 is 2.38 bits per heavy atom. The topological polar surface area (TPSA) is 61.3 Å². The van der Waals surface area contributed by atoms with Crippen LogP contribution in [0, 0.1) is 6.92 Å². The lowest BCUT2D eigenvalue weighted by Crippen LogP contribution is -2.16. The van der Waals surface area contributed by atoms with Gasteiger partial charge in [0.2, 0.25) is 0 Å². The summed E-state index contributed by atoms with van der Waals surface area (Å²) in [6, 6.07) is 7.69. The normalized spacial score (nSPS) is 12.0. The molecule has 1 aromatic heterocycles. The molecule has 2 N–H and O–H groups in total. The van der Waals surface area contributed by atoms with Gasteiger partial charge in [-0.15, -0.1) is 0 Å². The van der Waals surface area contributed by atoms with Crippen molar-refractivity contribution in [3.63, 3.8) is 0 Å². The Kier molecular flexibility index (Phi) is 8.93. The number of nitrogen functional groups attached to an aromatic ring is 1. The lowest BCUT2D eigenvalue weighted by Gasteiger charge is -2.15. The van der Waals surface area contributed by atoms with Gasteiger partial charge in [-0.25, -0.2) is 0 Å². The zero-order valence-electron chi connectivity index (χ0n) is 15.6. The number of thioether (sulfide) groups is 1. The molecule has 2 aromatic rings. The van der Waals surface area contributed by atoms with E-state index < -0.39 is 0 Å². The summed E-state index contributed by atoms with van der Waals surface area (Å²) < 4.78 is 11.3. The van der Waals surface area contributed by atoms with Crippen molar-refractivity contribution in [1.29, 1.82) is 0 Å². The summed E-state index contributed by atoms with van der Waals surface area (Å²) in [4.78, 5) is 0. The van der Waals surface area contributed by atoms with E-state index in [0.29, 0.717) is 0 Å². The van der Waals surface area contributed by atoms with E-state index in [1.807, 2.05) is 56.8 Å². The SMILES string of the molecule is CC.Cc1noc(-c2ccc(N)cc2)c1CSCC(C)OC(C)C. The van der Waals surface area contributed by atoms with Gasteiger partial charge in [0.05, 0.1) is 17.9 Å². The van der Waals surface area contributed by atoms with Crippen molar-refractivity contribution in [2.45, 2.75) is 59.5 Å². The number of anilines is 1. The maximum absolute atomic E-state index is 5.75. The van der Waals surface area contributed by atoms with Crippen LogP contribution in [-0.4, -0.2) is 23.1 Å². The van der Waals surface area contributed by atoms with Gasteiger partial charge in [-0.2, -0.15) is 11.8 Å². The first-order valence-corrected chi connectivity index (χ1v) is 9.67. The first-order chi connectivity index (χ1) is 11.5. The minimum Gasteiger partial charge on any atom is -0.399 e. The third-order valence-electron chi connectivity index (χ3n) is 3.26. The molecule has 1 aromatic carbocycles. The third kappa shape index (κ3) is 6.21. The first kappa shape index (κ1) is 20.6. The molecule has 2 rings (SSSR count). The highest BCUT2D eigenvalue weighted by atomic mass is 32.2. The minimum absolute atomic E-state index is 0.241. The second-order valence-electron chi connectivity index (χ2n) is 5.71. The Bertz CT molecular complexity index is 594. The average molecular weight is 351 g/mol. The average Bonchev–Trinajstić information content (AvgIpc) is 2.91. The highest BCUT2D eigenvalue weighted by Crippen LogP contribution is 2.30. The van der Waals surface area contributed by atoms with Crippen molar-refractivity contribution in [2.24, 2.45) is 0 Å². The number of aryl methyl sites for hydroxylation is 1. The van der Waals surface area contributed by atoms with Crippen LogP contribution in [0.5, 0.6) is 0 Å². The van der Waals surface area contributed by atoms with Gasteiger partial charge in [0.1, 0.15) is 0 Å². The fraction of sp³-hybridized carbons (Fsp3) is 0.526. The Balaban J connectivity index is 0.00000139. The summed E-state index contributed by atoms with van der Waals surface area (Å²) in [5.41, 5.74) is 9.58. The van der Waals surface area contributed by atoms with Gasteiger partial charge in [0.15, 0.2) is 5.76 Å². The Morgan fingerprint density at radius 1 is 1.17 bits per heavy atom. The van der Waals surface area contributed by atoms with Gasteiger partial charge < -0.3 is 15.0 Å². The number of rotatable bonds is 7. The van der Waals surface area contributed by atoms with Gasteiger partial charge in [-0.1, -0.05) is 19.0 Å². The highest BCUT2D eigenvalue weighted by molar-refractivity contribution is 7.98. The maximum atomic E-state index is 5.75. The number of hydrogen-bond acceptors (Lipinski definition) is 5. The van der Waals surface area contributed by atoms with Gasteiger partial charge in [-0.3, -0.25) is 0 Å². The molecule has 0 bridgehead atoms. The third-order valence-corrected chi connectivity index (χ3v) is 4.46. The molecule has 0 amide bonds. The molecule has 0 radical (unpaired) electrons. The van der Waals surface area contributed by atoms with Crippen molar-refractivity contribution in [2.75, 3.05) is 11.5 Å². The zero-order valence-corrected chi connectivity index (χ0v) is 16.4. The fourth-order valence-corrected chi connectivity index (χ4v) is 3.32. The number of benzene rings is 1. The Hall–Kier alpha value is -1.46. The molecule has 0 saturated heterocycles. The Morgan fingerprint density at radius 2 is 1.79 bits per heavy atom. The van der Waals surface area contributed by atoms with Crippen LogP contribution in [0.25, 0.3) is 11.3 Å². The predicted molar refractivity (Wildman–Crippen MR) is 104 cm³/mol. The van der Waals surface area contributed by atoms with E-state index in [9.17, 15) is 0 Å². The van der Waals surface area contributed by atoms with Crippen LogP contribution in [0.15, 0.2) is 28.8 Å². The summed E-state index contributed by atoms with van der Waals surface area (Å²) in [5, 5.41) is 4.11. The first-order valence-electron chi connectivity index (χ1n) is 8.51. The van der Waals surface area contributed by atoms with E-state index in [0.717, 1.165) is 39.8 Å². The van der Waals surface area contributed by atoms with Gasteiger partial charge in [0, 0.05) is 28.3 Å². The second-order valence-corrected chi connectivity index (χ2v) is 6.74. The van der Waals surface area contributed by atoms with Crippen LogP contribution < -0.4 is 5.73 Å². The largest absolute Gasteiger partial charge is 0.399 e. The molecule has 0 aliphatic heterocycles. The van der Waals surface area contributed by atoms with Crippen LogP contribution in [0.3, 0.4) is 0 Å². The molecule has 0 spiro atoms. The minimum atomic E-state index is 0.241. The molecule has 0 fully saturated rings. The molecule has 134 valence electrons. The summed E-state index contributed by atoms with van der Waals surface area (Å²) in [7, 11) is 0. The molecule has 1 atom stereocenters. The van der Waals surface area contributed by atoms with Crippen molar-refractivity contribution < 1.29 is 9.26 Å². The molecular formula is C19H30N2O2S. The molecule has 0 saturated carbocycles. The summed E-state index contributed by atoms with van der Waals surface area (Å²) in [6.45, 7) is 12.2. The molecule has 4 nitrogen and oxygen atoms in total. The lowest BCUT2D eigenvalue weighted by molar-refractivity contribution is 0.0327. The van der Waals surface area contributed by atoms with E-state index in [2.05, 4.69) is 25.9 Å². The molecule has 5 heteroatoms. The van der Waals surface area contributed by atoms with E-state index >= 15 is 0 Å². The molecule has 1 heterocycles. The highest BCUT2D eigenvalue weighted by Gasteiger charge is 2.15. The van der Waals surface area contributed by atoms with Crippen LogP contribution in [0.2, 0.25) is 0 Å². The summed E-state index contributed by atoms with van der Waals surface area (Å²) >= 11 is 1.84. The number of nitrogens with two attached hydrogens (primary N) is 1. The number of nitrogens with zero attached hydrogens (tertiary/aromatic N) is 1. The zero-order chi connectivity index (χ0) is 18.1. The van der Waals surface area contributed by atoms with Crippen molar-refractivity contribution in [3.8, 4) is 11.3 Å². The van der Waals surface area contributed by atoms with Crippen molar-refractivity contribution in [1.82, 2.24) is 5.16 Å². The Labute approximate surface area is 150 Å².